The largest absolute Gasteiger partial charge is 0.316 e. The van der Waals surface area contributed by atoms with Crippen molar-refractivity contribution in [3.05, 3.63) is 35.6 Å². The summed E-state index contributed by atoms with van der Waals surface area (Å²) in [5, 5.41) is 3.28. The molecule has 1 fully saturated rings. The molecular formula is C13H19FN2. The van der Waals surface area contributed by atoms with Gasteiger partial charge in [0, 0.05) is 6.54 Å². The van der Waals surface area contributed by atoms with Crippen molar-refractivity contribution >= 4 is 0 Å². The zero-order valence-electron chi connectivity index (χ0n) is 9.75. The minimum Gasteiger partial charge on any atom is -0.316 e. The Labute approximate surface area is 96.5 Å². The van der Waals surface area contributed by atoms with Crippen molar-refractivity contribution in [1.29, 1.82) is 0 Å². The summed E-state index contributed by atoms with van der Waals surface area (Å²) in [6.07, 6.45) is 1.25. The predicted octanol–water partition coefficient (Wildman–Crippen LogP) is 1.87. The van der Waals surface area contributed by atoms with Gasteiger partial charge in [-0.15, -0.1) is 0 Å². The number of nitrogens with one attached hydrogen (secondary N) is 1. The molecule has 0 bridgehead atoms. The van der Waals surface area contributed by atoms with E-state index in [0.29, 0.717) is 0 Å². The van der Waals surface area contributed by atoms with Gasteiger partial charge < -0.3 is 10.2 Å². The average Bonchev–Trinajstić information content (AvgIpc) is 2.19. The summed E-state index contributed by atoms with van der Waals surface area (Å²) in [5.74, 6) is 0.697. The Kier molecular flexibility index (Phi) is 3.91. The lowest BCUT2D eigenvalue weighted by molar-refractivity contribution is 0.252. The molecule has 0 amide bonds. The van der Waals surface area contributed by atoms with Gasteiger partial charge in [-0.05, 0) is 56.7 Å². The van der Waals surface area contributed by atoms with Crippen LogP contribution in [0.4, 0.5) is 4.39 Å². The molecule has 1 aliphatic heterocycles. The van der Waals surface area contributed by atoms with E-state index in [1.165, 1.54) is 37.2 Å². The van der Waals surface area contributed by atoms with Crippen LogP contribution >= 0.6 is 0 Å². The van der Waals surface area contributed by atoms with E-state index in [2.05, 4.69) is 17.3 Å². The van der Waals surface area contributed by atoms with E-state index >= 15 is 0 Å². The summed E-state index contributed by atoms with van der Waals surface area (Å²) >= 11 is 0. The number of rotatable bonds is 5. The average molecular weight is 222 g/mol. The second-order valence-electron chi connectivity index (χ2n) is 4.68. The van der Waals surface area contributed by atoms with Crippen LogP contribution in [0.1, 0.15) is 12.0 Å². The van der Waals surface area contributed by atoms with Crippen molar-refractivity contribution in [3.8, 4) is 0 Å². The topological polar surface area (TPSA) is 15.3 Å². The second-order valence-corrected chi connectivity index (χ2v) is 4.68. The zero-order chi connectivity index (χ0) is 11.4. The number of halogens is 1. The Morgan fingerprint density at radius 1 is 1.31 bits per heavy atom. The zero-order valence-corrected chi connectivity index (χ0v) is 9.75. The first-order valence-corrected chi connectivity index (χ1v) is 5.88. The molecule has 0 unspecified atom stereocenters. The van der Waals surface area contributed by atoms with Crippen LogP contribution in [-0.4, -0.2) is 31.6 Å². The summed E-state index contributed by atoms with van der Waals surface area (Å²) in [5.41, 5.74) is 1.18. The van der Waals surface area contributed by atoms with Crippen LogP contribution < -0.4 is 5.32 Å². The van der Waals surface area contributed by atoms with Gasteiger partial charge in [0.2, 0.25) is 0 Å². The lowest BCUT2D eigenvalue weighted by atomic mass is 9.99. The van der Waals surface area contributed by atoms with Crippen molar-refractivity contribution in [1.82, 2.24) is 10.2 Å². The molecule has 0 radical (unpaired) electrons. The SMILES string of the molecule is CN(CCC1CNC1)Cc1ccc(F)cc1. The smallest absolute Gasteiger partial charge is 0.123 e. The minimum atomic E-state index is -0.160. The Balaban J connectivity index is 1.73. The molecule has 1 aromatic carbocycles. The highest BCUT2D eigenvalue weighted by Gasteiger charge is 2.16. The summed E-state index contributed by atoms with van der Waals surface area (Å²) in [6, 6.07) is 6.77. The van der Waals surface area contributed by atoms with Gasteiger partial charge in [-0.2, -0.15) is 0 Å². The molecule has 0 aromatic heterocycles. The van der Waals surface area contributed by atoms with Crippen LogP contribution in [0.15, 0.2) is 24.3 Å². The lowest BCUT2D eigenvalue weighted by Gasteiger charge is -2.29. The van der Waals surface area contributed by atoms with E-state index < -0.39 is 0 Å². The third kappa shape index (κ3) is 3.29. The van der Waals surface area contributed by atoms with Crippen molar-refractivity contribution in [2.24, 2.45) is 5.92 Å². The van der Waals surface area contributed by atoms with Crippen molar-refractivity contribution in [2.75, 3.05) is 26.7 Å². The molecule has 1 aromatic rings. The van der Waals surface area contributed by atoms with Gasteiger partial charge in [-0.3, -0.25) is 0 Å². The quantitative estimate of drug-likeness (QED) is 0.818. The molecular weight excluding hydrogens is 203 g/mol. The third-order valence-electron chi connectivity index (χ3n) is 3.15. The van der Waals surface area contributed by atoms with Crippen molar-refractivity contribution < 1.29 is 4.39 Å². The van der Waals surface area contributed by atoms with E-state index in [1.54, 1.807) is 0 Å². The van der Waals surface area contributed by atoms with E-state index in [-0.39, 0.29) is 5.82 Å². The highest BCUT2D eigenvalue weighted by atomic mass is 19.1. The van der Waals surface area contributed by atoms with Crippen LogP contribution in [0.25, 0.3) is 0 Å². The lowest BCUT2D eigenvalue weighted by Crippen LogP contribution is -2.43. The number of hydrogen-bond donors (Lipinski definition) is 1. The van der Waals surface area contributed by atoms with Crippen LogP contribution in [0.2, 0.25) is 0 Å². The Morgan fingerprint density at radius 2 is 2.00 bits per heavy atom. The number of nitrogens with zero attached hydrogens (tertiary/aromatic N) is 1. The van der Waals surface area contributed by atoms with Gasteiger partial charge in [0.1, 0.15) is 5.82 Å². The molecule has 0 saturated carbocycles. The number of hydrogen-bond acceptors (Lipinski definition) is 2. The maximum atomic E-state index is 12.7. The van der Waals surface area contributed by atoms with Crippen LogP contribution in [0, 0.1) is 11.7 Å². The molecule has 16 heavy (non-hydrogen) atoms. The van der Waals surface area contributed by atoms with Crippen LogP contribution in [0.5, 0.6) is 0 Å². The molecule has 1 saturated heterocycles. The molecule has 0 atom stereocenters. The highest BCUT2D eigenvalue weighted by Crippen LogP contribution is 2.10. The van der Waals surface area contributed by atoms with E-state index in [1.807, 2.05) is 12.1 Å². The van der Waals surface area contributed by atoms with Gasteiger partial charge in [0.25, 0.3) is 0 Å². The maximum Gasteiger partial charge on any atom is 0.123 e. The normalized spacial score (nSPS) is 16.4. The van der Waals surface area contributed by atoms with Crippen LogP contribution in [0.3, 0.4) is 0 Å². The van der Waals surface area contributed by atoms with Gasteiger partial charge in [0.15, 0.2) is 0 Å². The fourth-order valence-corrected chi connectivity index (χ4v) is 1.94. The molecule has 1 aliphatic rings. The van der Waals surface area contributed by atoms with E-state index in [0.717, 1.165) is 19.0 Å². The first-order valence-electron chi connectivity index (χ1n) is 5.88. The Bertz CT molecular complexity index is 319. The first kappa shape index (κ1) is 11.6. The fraction of sp³-hybridized carbons (Fsp3) is 0.538. The van der Waals surface area contributed by atoms with Gasteiger partial charge in [-0.1, -0.05) is 12.1 Å². The predicted molar refractivity (Wildman–Crippen MR) is 63.7 cm³/mol. The molecule has 0 aliphatic carbocycles. The molecule has 0 spiro atoms. The van der Waals surface area contributed by atoms with Crippen LogP contribution in [-0.2, 0) is 6.54 Å². The van der Waals surface area contributed by atoms with Gasteiger partial charge in [-0.25, -0.2) is 4.39 Å². The number of benzene rings is 1. The third-order valence-corrected chi connectivity index (χ3v) is 3.15. The second kappa shape index (κ2) is 5.41. The Morgan fingerprint density at radius 3 is 2.56 bits per heavy atom. The Hall–Kier alpha value is -0.930. The van der Waals surface area contributed by atoms with E-state index in [9.17, 15) is 4.39 Å². The summed E-state index contributed by atoms with van der Waals surface area (Å²) in [4.78, 5) is 2.30. The molecule has 1 N–H and O–H groups in total. The molecule has 1 heterocycles. The maximum absolute atomic E-state index is 12.7. The first-order chi connectivity index (χ1) is 7.74. The highest BCUT2D eigenvalue weighted by molar-refractivity contribution is 5.15. The van der Waals surface area contributed by atoms with Gasteiger partial charge >= 0.3 is 0 Å². The van der Waals surface area contributed by atoms with Crippen molar-refractivity contribution in [3.63, 3.8) is 0 Å². The summed E-state index contributed by atoms with van der Waals surface area (Å²) in [7, 11) is 2.12. The molecule has 3 heteroatoms. The van der Waals surface area contributed by atoms with E-state index in [4.69, 9.17) is 0 Å². The van der Waals surface area contributed by atoms with Gasteiger partial charge in [0.05, 0.1) is 0 Å². The standard InChI is InChI=1S/C13H19FN2/c1-16(7-6-12-8-15-9-12)10-11-2-4-13(14)5-3-11/h2-5,12,15H,6-10H2,1H3. The molecule has 88 valence electrons. The monoisotopic (exact) mass is 222 g/mol. The summed E-state index contributed by atoms with van der Waals surface area (Å²) in [6.45, 7) is 4.36. The minimum absolute atomic E-state index is 0.160. The molecule has 2 nitrogen and oxygen atoms in total. The van der Waals surface area contributed by atoms with Crippen molar-refractivity contribution in [2.45, 2.75) is 13.0 Å². The molecule has 2 rings (SSSR count). The summed E-state index contributed by atoms with van der Waals surface area (Å²) < 4.78 is 12.7. The fourth-order valence-electron chi connectivity index (χ4n) is 1.94.